The van der Waals surface area contributed by atoms with Crippen LogP contribution in [0, 0.1) is 0 Å². The summed E-state index contributed by atoms with van der Waals surface area (Å²) in [6.45, 7) is 2.74. The molecule has 5 aliphatic heterocycles. The van der Waals surface area contributed by atoms with Crippen molar-refractivity contribution in [3.8, 4) is 0 Å². The number of carbonyl (C=O) groups excluding carboxylic acids is 7. The first-order chi connectivity index (χ1) is 31.4. The monoisotopic (exact) mass is 954 g/mol. The number of esters is 3. The average molecular weight is 954 g/mol. The minimum absolute atomic E-state index is 0.0306. The second-order valence-electron chi connectivity index (χ2n) is 15.8. The van der Waals surface area contributed by atoms with Gasteiger partial charge in [-0.15, -0.1) is 0 Å². The molecule has 3 saturated heterocycles. The van der Waals surface area contributed by atoms with Crippen molar-refractivity contribution in [2.24, 2.45) is 0 Å². The summed E-state index contributed by atoms with van der Waals surface area (Å²) in [7, 11) is 0. The zero-order chi connectivity index (χ0) is 45.5. The molecule has 0 saturated carbocycles. The fraction of sp³-hybridized carbons (Fsp3) is 0.340. The van der Waals surface area contributed by atoms with Crippen LogP contribution in [0.2, 0.25) is 0 Å². The summed E-state index contributed by atoms with van der Waals surface area (Å²) in [6, 6.07) is 27.9. The van der Waals surface area contributed by atoms with E-state index in [1.165, 1.54) is 12.1 Å². The van der Waals surface area contributed by atoms with Crippen molar-refractivity contribution in [3.05, 3.63) is 137 Å². The summed E-state index contributed by atoms with van der Waals surface area (Å²) in [5.74, 6) is -5.34. The van der Waals surface area contributed by atoms with Gasteiger partial charge in [0.05, 0.1) is 0 Å². The second-order valence-corrected chi connectivity index (χ2v) is 18.2. The van der Waals surface area contributed by atoms with Crippen molar-refractivity contribution < 1.29 is 71.5 Å². The molecule has 336 valence electrons. The Morgan fingerprint density at radius 1 is 0.600 bits per heavy atom. The number of hydrogen-bond donors (Lipinski definition) is 0. The number of rotatable bonds is 11. The molecule has 4 aromatic carbocycles. The molecule has 0 radical (unpaired) electrons. The Labute approximate surface area is 378 Å². The molecule has 0 aliphatic carbocycles. The van der Waals surface area contributed by atoms with Gasteiger partial charge in [-0.3, -0.25) is 0 Å². The van der Waals surface area contributed by atoms with E-state index in [9.17, 15) is 33.6 Å². The Kier molecular flexibility index (Phi) is 12.5. The SMILES string of the molecule is CC(=O)OCC1OC(OC2C3OC(c4ccccc4)OCC3OC([Se]c3ccccc3)C2N2C(=O)c3ccccc3C2=O)C(N2C(=O)c3ccccc3C2=O)C(OC(C)=O)C1OC(C)=O. The van der Waals surface area contributed by atoms with E-state index in [4.69, 9.17) is 37.9 Å². The molecule has 18 heteroatoms. The van der Waals surface area contributed by atoms with E-state index in [0.29, 0.717) is 5.56 Å². The van der Waals surface area contributed by atoms with Gasteiger partial charge in [-0.2, -0.15) is 0 Å². The van der Waals surface area contributed by atoms with Gasteiger partial charge in [0.2, 0.25) is 0 Å². The van der Waals surface area contributed by atoms with E-state index in [1.807, 2.05) is 36.4 Å². The molecule has 5 heterocycles. The maximum absolute atomic E-state index is 14.6. The minimum atomic E-state index is -1.82. The Balaban J connectivity index is 1.22. The summed E-state index contributed by atoms with van der Waals surface area (Å²) in [4.78, 5) is 98.4. The van der Waals surface area contributed by atoms with Gasteiger partial charge in [0.1, 0.15) is 0 Å². The number of imide groups is 2. The van der Waals surface area contributed by atoms with E-state index in [-0.39, 0.29) is 28.9 Å². The Bertz CT molecular complexity index is 2450. The first-order valence-electron chi connectivity index (χ1n) is 20.8. The summed E-state index contributed by atoms with van der Waals surface area (Å²) >= 11 is -0.641. The van der Waals surface area contributed by atoms with Gasteiger partial charge in [0.25, 0.3) is 0 Å². The van der Waals surface area contributed by atoms with Gasteiger partial charge < -0.3 is 0 Å². The van der Waals surface area contributed by atoms with E-state index >= 15 is 0 Å². The molecule has 4 amide bonds. The Morgan fingerprint density at radius 3 is 1.65 bits per heavy atom. The third-order valence-corrected chi connectivity index (χ3v) is 14.0. The normalized spacial score (nSPS) is 29.4. The van der Waals surface area contributed by atoms with Crippen LogP contribution < -0.4 is 4.46 Å². The van der Waals surface area contributed by atoms with Crippen molar-refractivity contribution in [2.45, 2.75) is 87.1 Å². The maximum atomic E-state index is 14.6. The van der Waals surface area contributed by atoms with Gasteiger partial charge >= 0.3 is 379 Å². The molecule has 11 unspecified atom stereocenters. The molecule has 4 aromatic rings. The predicted octanol–water partition coefficient (Wildman–Crippen LogP) is 2.72. The number of fused-ring (bicyclic) bond motifs is 3. The van der Waals surface area contributed by atoms with Crippen LogP contribution in [-0.4, -0.2) is 140 Å². The van der Waals surface area contributed by atoms with Crippen LogP contribution in [0.1, 0.15) is 74.1 Å². The van der Waals surface area contributed by atoms with Crippen molar-refractivity contribution in [1.82, 2.24) is 9.80 Å². The summed E-state index contributed by atoms with van der Waals surface area (Å²) in [5, 5.41) is -0.935. The quantitative estimate of drug-likeness (QED) is 0.0920. The molecular weight excluding hydrogens is 911 g/mol. The number of ether oxygens (including phenoxy) is 8. The number of carbonyl (C=O) groups is 7. The molecule has 0 aromatic heterocycles. The van der Waals surface area contributed by atoms with Crippen LogP contribution in [0.5, 0.6) is 0 Å². The Morgan fingerprint density at radius 2 is 1.11 bits per heavy atom. The third-order valence-electron chi connectivity index (χ3n) is 11.6. The van der Waals surface area contributed by atoms with Crippen LogP contribution in [-0.2, 0) is 52.3 Å². The third kappa shape index (κ3) is 8.50. The number of nitrogens with zero attached hydrogens (tertiary/aromatic N) is 2. The Hall–Kier alpha value is -6.11. The first-order valence-corrected chi connectivity index (χ1v) is 22.7. The summed E-state index contributed by atoms with van der Waals surface area (Å²) in [5.41, 5.74) is 0.998. The average Bonchev–Trinajstić information content (AvgIpc) is 3.70. The van der Waals surface area contributed by atoms with Crippen molar-refractivity contribution in [1.29, 1.82) is 0 Å². The van der Waals surface area contributed by atoms with Gasteiger partial charge in [0.15, 0.2) is 0 Å². The molecule has 3 fully saturated rings. The van der Waals surface area contributed by atoms with Gasteiger partial charge in [0, 0.05) is 0 Å². The number of hydrogen-bond acceptors (Lipinski definition) is 15. The summed E-state index contributed by atoms with van der Waals surface area (Å²) < 4.78 is 51.5. The number of amides is 4. The zero-order valence-electron chi connectivity index (χ0n) is 35.1. The molecular formula is C47H42N2O15Se. The standard InChI is InChI=1S/C47H42N2O15Se/c1-24(50)57-22-33-37(59-25(2)51)39(60-26(3)52)35(48-41(53)29-18-10-11-19-30(29)42(48)54)46(61-33)64-40-36(49-43(55)31-20-12-13-21-32(31)44(49)56)47(65-28-16-8-5-9-17-28)62-34-23-58-45(63-38(34)40)27-14-6-4-7-15-27/h4-21,33-40,45-47H,22-23H2,1-3H3. The van der Waals surface area contributed by atoms with Gasteiger partial charge in [-0.25, -0.2) is 0 Å². The van der Waals surface area contributed by atoms with Gasteiger partial charge in [-0.05, 0) is 0 Å². The zero-order valence-corrected chi connectivity index (χ0v) is 36.8. The first kappa shape index (κ1) is 44.1. The van der Waals surface area contributed by atoms with Crippen LogP contribution in [0.3, 0.4) is 0 Å². The van der Waals surface area contributed by atoms with Crippen LogP contribution in [0.25, 0.3) is 0 Å². The molecule has 9 rings (SSSR count). The molecule has 17 nitrogen and oxygen atoms in total. The summed E-state index contributed by atoms with van der Waals surface area (Å²) in [6.07, 6.45) is -11.0. The van der Waals surface area contributed by atoms with Crippen LogP contribution in [0.4, 0.5) is 0 Å². The molecule has 5 aliphatic rings. The molecule has 0 N–H and O–H groups in total. The van der Waals surface area contributed by atoms with Crippen molar-refractivity contribution in [2.75, 3.05) is 13.2 Å². The van der Waals surface area contributed by atoms with Crippen molar-refractivity contribution in [3.63, 3.8) is 0 Å². The molecule has 65 heavy (non-hydrogen) atoms. The van der Waals surface area contributed by atoms with E-state index < -0.39 is 129 Å². The molecule has 0 bridgehead atoms. The van der Waals surface area contributed by atoms with E-state index in [2.05, 4.69) is 0 Å². The fourth-order valence-electron chi connectivity index (χ4n) is 8.88. The van der Waals surface area contributed by atoms with Crippen molar-refractivity contribution >= 4 is 61.0 Å². The number of benzene rings is 4. The topological polar surface area (TPSA) is 200 Å². The van der Waals surface area contributed by atoms with Gasteiger partial charge in [-0.1, -0.05) is 0 Å². The predicted molar refractivity (Wildman–Crippen MR) is 223 cm³/mol. The molecule has 0 spiro atoms. The molecule has 11 atom stereocenters. The van der Waals surface area contributed by atoms with E-state index in [1.54, 1.807) is 60.7 Å². The second kappa shape index (κ2) is 18.4. The van der Waals surface area contributed by atoms with Crippen LogP contribution in [0.15, 0.2) is 109 Å². The fourth-order valence-corrected chi connectivity index (χ4v) is 11.4. The van der Waals surface area contributed by atoms with E-state index in [0.717, 1.165) is 35.0 Å². The van der Waals surface area contributed by atoms with Crippen LogP contribution >= 0.6 is 0 Å².